The highest BCUT2D eigenvalue weighted by Gasteiger charge is 2.45. The van der Waals surface area contributed by atoms with Gasteiger partial charge in [0.05, 0.1) is 16.0 Å². The van der Waals surface area contributed by atoms with Crippen LogP contribution in [-0.2, 0) is 4.79 Å². The predicted octanol–water partition coefficient (Wildman–Crippen LogP) is 1.99. The van der Waals surface area contributed by atoms with Gasteiger partial charge in [0, 0.05) is 13.6 Å². The molecule has 2 saturated carbocycles. The van der Waals surface area contributed by atoms with Crippen molar-refractivity contribution in [3.63, 3.8) is 0 Å². The van der Waals surface area contributed by atoms with E-state index >= 15 is 0 Å². The molecule has 0 aromatic heterocycles. The third-order valence-electron chi connectivity index (χ3n) is 5.00. The van der Waals surface area contributed by atoms with E-state index in [-0.39, 0.29) is 5.91 Å². The second-order valence-corrected chi connectivity index (χ2v) is 7.04. The second-order valence-electron chi connectivity index (χ2n) is 6.60. The van der Waals surface area contributed by atoms with Crippen molar-refractivity contribution in [1.82, 2.24) is 4.90 Å². The van der Waals surface area contributed by atoms with Gasteiger partial charge in [-0.2, -0.15) is 0 Å². The maximum atomic E-state index is 12.8. The number of hydrogen-bond donors (Lipinski definition) is 2. The summed E-state index contributed by atoms with van der Waals surface area (Å²) in [6.45, 7) is 0.399. The molecule has 0 aromatic carbocycles. The molecule has 0 spiro atoms. The van der Waals surface area contributed by atoms with Crippen molar-refractivity contribution in [2.45, 2.75) is 63.4 Å². The average molecular weight is 298 g/mol. The van der Waals surface area contributed by atoms with Gasteiger partial charge in [-0.05, 0) is 25.7 Å². The van der Waals surface area contributed by atoms with Crippen LogP contribution in [0.5, 0.6) is 0 Å². The molecule has 0 unspecified atom stereocenters. The van der Waals surface area contributed by atoms with E-state index in [1.54, 1.807) is 11.9 Å². The third-order valence-corrected chi connectivity index (χ3v) is 5.39. The molecule has 5 heteroatoms. The van der Waals surface area contributed by atoms with Crippen LogP contribution in [0.2, 0.25) is 0 Å². The number of carbonyl (C=O) groups excluding carboxylic acids is 1. The van der Waals surface area contributed by atoms with Crippen molar-refractivity contribution >= 4 is 23.1 Å². The molecule has 2 rings (SSSR count). The van der Waals surface area contributed by atoms with E-state index in [9.17, 15) is 9.90 Å². The minimum absolute atomic E-state index is 0.00465. The lowest BCUT2D eigenvalue weighted by atomic mass is 9.72. The van der Waals surface area contributed by atoms with Crippen molar-refractivity contribution in [1.29, 1.82) is 0 Å². The number of rotatable bonds is 4. The molecule has 4 nitrogen and oxygen atoms in total. The molecule has 2 fully saturated rings. The fraction of sp³-hybridized carbons (Fsp3) is 0.867. The summed E-state index contributed by atoms with van der Waals surface area (Å²) >= 11 is 5.20. The van der Waals surface area contributed by atoms with Crippen LogP contribution < -0.4 is 5.73 Å². The van der Waals surface area contributed by atoms with Gasteiger partial charge in [-0.15, -0.1) is 0 Å². The lowest BCUT2D eigenvalue weighted by Crippen LogP contribution is -2.53. The number of thiocarbonyl (C=S) groups is 1. The monoisotopic (exact) mass is 298 g/mol. The molecule has 20 heavy (non-hydrogen) atoms. The SMILES string of the molecule is CN(CC1(O)CCCC1)C(=O)C1(C(N)=S)CCCCC1. The highest BCUT2D eigenvalue weighted by molar-refractivity contribution is 7.80. The first-order chi connectivity index (χ1) is 9.40. The van der Waals surface area contributed by atoms with E-state index in [0.29, 0.717) is 11.5 Å². The van der Waals surface area contributed by atoms with Gasteiger partial charge < -0.3 is 15.7 Å². The standard InChI is InChI=1S/C15H26N2O2S/c1-17(11-14(19)7-5-6-8-14)13(18)15(12(16)20)9-3-2-4-10-15/h19H,2-11H2,1H3,(H2,16,20). The minimum atomic E-state index is -0.712. The van der Waals surface area contributed by atoms with Crippen molar-refractivity contribution in [2.75, 3.05) is 13.6 Å². The Hall–Kier alpha value is -0.680. The summed E-state index contributed by atoms with van der Waals surface area (Å²) in [5, 5.41) is 10.5. The van der Waals surface area contributed by atoms with E-state index in [1.807, 2.05) is 0 Å². The van der Waals surface area contributed by atoms with Gasteiger partial charge in [-0.25, -0.2) is 0 Å². The fourth-order valence-electron chi connectivity index (χ4n) is 3.79. The molecule has 1 amide bonds. The van der Waals surface area contributed by atoms with Crippen molar-refractivity contribution < 1.29 is 9.90 Å². The third kappa shape index (κ3) is 2.98. The molecule has 0 aliphatic heterocycles. The number of hydrogen-bond acceptors (Lipinski definition) is 3. The Bertz CT molecular complexity index is 385. The van der Waals surface area contributed by atoms with E-state index in [2.05, 4.69) is 0 Å². The van der Waals surface area contributed by atoms with Gasteiger partial charge in [0.2, 0.25) is 5.91 Å². The summed E-state index contributed by atoms with van der Waals surface area (Å²) in [6, 6.07) is 0. The van der Waals surface area contributed by atoms with Crippen LogP contribution in [0.3, 0.4) is 0 Å². The normalized spacial score (nSPS) is 24.3. The zero-order valence-corrected chi connectivity index (χ0v) is 13.2. The van der Waals surface area contributed by atoms with Gasteiger partial charge in [-0.3, -0.25) is 4.79 Å². The van der Waals surface area contributed by atoms with E-state index < -0.39 is 11.0 Å². The maximum Gasteiger partial charge on any atom is 0.235 e. The average Bonchev–Trinajstić information content (AvgIpc) is 2.84. The van der Waals surface area contributed by atoms with Crippen molar-refractivity contribution in [3.8, 4) is 0 Å². The Morgan fingerprint density at radius 1 is 1.15 bits per heavy atom. The number of carbonyl (C=O) groups is 1. The van der Waals surface area contributed by atoms with Gasteiger partial charge in [-0.1, -0.05) is 44.3 Å². The molecular formula is C15H26N2O2S. The molecule has 0 heterocycles. The molecule has 2 aliphatic carbocycles. The molecule has 0 saturated heterocycles. The summed E-state index contributed by atoms with van der Waals surface area (Å²) < 4.78 is 0. The maximum absolute atomic E-state index is 12.8. The number of amides is 1. The Balaban J connectivity index is 2.09. The first kappa shape index (κ1) is 15.7. The van der Waals surface area contributed by atoms with Crippen LogP contribution in [0, 0.1) is 5.41 Å². The Labute approximate surface area is 126 Å². The molecular weight excluding hydrogens is 272 g/mol. The van der Waals surface area contributed by atoms with Crippen LogP contribution in [-0.4, -0.2) is 40.1 Å². The van der Waals surface area contributed by atoms with Gasteiger partial charge in [0.15, 0.2) is 0 Å². The molecule has 0 bridgehead atoms. The zero-order chi connectivity index (χ0) is 14.8. The number of nitrogens with two attached hydrogens (primary N) is 1. The Morgan fingerprint density at radius 2 is 1.65 bits per heavy atom. The van der Waals surface area contributed by atoms with Crippen LogP contribution in [0.25, 0.3) is 0 Å². The smallest absolute Gasteiger partial charge is 0.235 e. The summed E-state index contributed by atoms with van der Waals surface area (Å²) in [6.07, 6.45) is 8.30. The molecule has 2 aliphatic rings. The van der Waals surface area contributed by atoms with Crippen LogP contribution in [0.1, 0.15) is 57.8 Å². The molecule has 0 radical (unpaired) electrons. The summed E-state index contributed by atoms with van der Waals surface area (Å²) in [5.74, 6) is 0.00465. The van der Waals surface area contributed by atoms with E-state index in [4.69, 9.17) is 18.0 Å². The number of likely N-dealkylation sites (N-methyl/N-ethyl adjacent to an activating group) is 1. The Kier molecular flexibility index (Phi) is 4.69. The van der Waals surface area contributed by atoms with E-state index in [1.165, 1.54) is 0 Å². The van der Waals surface area contributed by atoms with Gasteiger partial charge in [0.25, 0.3) is 0 Å². The summed E-state index contributed by atoms with van der Waals surface area (Å²) in [7, 11) is 1.77. The molecule has 0 aromatic rings. The van der Waals surface area contributed by atoms with Crippen molar-refractivity contribution in [3.05, 3.63) is 0 Å². The highest BCUT2D eigenvalue weighted by Crippen LogP contribution is 2.39. The molecule has 3 N–H and O–H groups in total. The zero-order valence-electron chi connectivity index (χ0n) is 12.4. The first-order valence-electron chi connectivity index (χ1n) is 7.68. The quantitative estimate of drug-likeness (QED) is 0.779. The van der Waals surface area contributed by atoms with Gasteiger partial charge in [0.1, 0.15) is 0 Å². The number of nitrogens with zero attached hydrogens (tertiary/aromatic N) is 1. The van der Waals surface area contributed by atoms with Crippen LogP contribution in [0.4, 0.5) is 0 Å². The van der Waals surface area contributed by atoms with Gasteiger partial charge >= 0.3 is 0 Å². The highest BCUT2D eigenvalue weighted by atomic mass is 32.1. The first-order valence-corrected chi connectivity index (χ1v) is 8.08. The largest absolute Gasteiger partial charge is 0.392 e. The number of aliphatic hydroxyl groups is 1. The fourth-order valence-corrected chi connectivity index (χ4v) is 4.08. The van der Waals surface area contributed by atoms with E-state index in [0.717, 1.165) is 57.8 Å². The summed E-state index contributed by atoms with van der Waals surface area (Å²) in [4.78, 5) is 14.8. The molecule has 114 valence electrons. The van der Waals surface area contributed by atoms with Crippen molar-refractivity contribution in [2.24, 2.45) is 11.1 Å². The minimum Gasteiger partial charge on any atom is -0.392 e. The molecule has 0 atom stereocenters. The Morgan fingerprint density at radius 3 is 2.15 bits per heavy atom. The topological polar surface area (TPSA) is 66.6 Å². The van der Waals surface area contributed by atoms with Crippen LogP contribution >= 0.6 is 12.2 Å². The van der Waals surface area contributed by atoms with Crippen LogP contribution in [0.15, 0.2) is 0 Å². The second kappa shape index (κ2) is 5.98. The lowest BCUT2D eigenvalue weighted by molar-refractivity contribution is -0.141. The lowest BCUT2D eigenvalue weighted by Gasteiger charge is -2.39. The predicted molar refractivity (Wildman–Crippen MR) is 83.4 cm³/mol. The summed E-state index contributed by atoms with van der Waals surface area (Å²) in [5.41, 5.74) is 4.52.